The molecule has 1 aromatic heterocycles. The lowest BCUT2D eigenvalue weighted by molar-refractivity contribution is 0.200. The van der Waals surface area contributed by atoms with E-state index in [-0.39, 0.29) is 0 Å². The van der Waals surface area contributed by atoms with Crippen LogP contribution >= 0.6 is 0 Å². The number of methoxy groups -OCH3 is 1. The lowest BCUT2D eigenvalue weighted by Gasteiger charge is -2.33. The molecular formula is C15H28N6O. The standard InChI is InChI=1S/C15H28N6O/c1-12-6-5-8-21(11-12)15(16-7-9-22-4)17-10-14-19-18-13(2)20(14)3/h12H,5-11H2,1-4H3,(H,16,17). The third-order valence-electron chi connectivity index (χ3n) is 4.10. The molecule has 1 N–H and O–H groups in total. The summed E-state index contributed by atoms with van der Waals surface area (Å²) in [5, 5.41) is 11.7. The number of piperidine rings is 1. The molecule has 2 heterocycles. The summed E-state index contributed by atoms with van der Waals surface area (Å²) in [4.78, 5) is 7.09. The third kappa shape index (κ3) is 4.43. The maximum absolute atomic E-state index is 5.12. The number of hydrogen-bond acceptors (Lipinski definition) is 4. The minimum atomic E-state index is 0.539. The van der Waals surface area contributed by atoms with Crippen LogP contribution in [0.1, 0.15) is 31.4 Å². The van der Waals surface area contributed by atoms with E-state index in [4.69, 9.17) is 9.73 Å². The van der Waals surface area contributed by atoms with E-state index in [1.54, 1.807) is 7.11 Å². The molecule has 2 rings (SSSR count). The quantitative estimate of drug-likeness (QED) is 0.498. The van der Waals surface area contributed by atoms with Gasteiger partial charge in [-0.2, -0.15) is 0 Å². The number of rotatable bonds is 5. The molecule has 7 nitrogen and oxygen atoms in total. The molecule has 1 aromatic rings. The fourth-order valence-corrected chi connectivity index (χ4v) is 2.65. The summed E-state index contributed by atoms with van der Waals surface area (Å²) < 4.78 is 7.10. The van der Waals surface area contributed by atoms with Crippen LogP contribution in [0.25, 0.3) is 0 Å². The van der Waals surface area contributed by atoms with Gasteiger partial charge >= 0.3 is 0 Å². The van der Waals surface area contributed by atoms with Crippen LogP contribution in [-0.2, 0) is 18.3 Å². The Morgan fingerprint density at radius 3 is 2.91 bits per heavy atom. The van der Waals surface area contributed by atoms with Crippen LogP contribution in [0.3, 0.4) is 0 Å². The van der Waals surface area contributed by atoms with Crippen LogP contribution in [-0.4, -0.2) is 59.0 Å². The highest BCUT2D eigenvalue weighted by molar-refractivity contribution is 5.80. The number of ether oxygens (including phenoxy) is 1. The van der Waals surface area contributed by atoms with Gasteiger partial charge in [-0.15, -0.1) is 10.2 Å². The van der Waals surface area contributed by atoms with Crippen LogP contribution in [0.5, 0.6) is 0 Å². The molecule has 1 saturated heterocycles. The Kier molecular flexibility index (Phi) is 6.18. The SMILES string of the molecule is COCCNC(=NCc1nnc(C)n1C)N1CCCC(C)C1. The molecule has 0 bridgehead atoms. The Labute approximate surface area is 132 Å². The van der Waals surface area contributed by atoms with Gasteiger partial charge in [0, 0.05) is 33.8 Å². The van der Waals surface area contributed by atoms with Crippen molar-refractivity contribution in [2.75, 3.05) is 33.4 Å². The van der Waals surface area contributed by atoms with Gasteiger partial charge in [0.1, 0.15) is 12.4 Å². The minimum Gasteiger partial charge on any atom is -0.383 e. The highest BCUT2D eigenvalue weighted by atomic mass is 16.5. The van der Waals surface area contributed by atoms with Gasteiger partial charge in [0.15, 0.2) is 11.8 Å². The van der Waals surface area contributed by atoms with Crippen molar-refractivity contribution in [2.45, 2.75) is 33.2 Å². The fraction of sp³-hybridized carbons (Fsp3) is 0.800. The number of nitrogens with zero attached hydrogens (tertiary/aromatic N) is 5. The number of hydrogen-bond donors (Lipinski definition) is 1. The van der Waals surface area contributed by atoms with E-state index in [0.717, 1.165) is 37.2 Å². The van der Waals surface area contributed by atoms with Crippen LogP contribution in [0.2, 0.25) is 0 Å². The molecule has 0 radical (unpaired) electrons. The van der Waals surface area contributed by atoms with E-state index >= 15 is 0 Å². The second-order valence-corrected chi connectivity index (χ2v) is 5.98. The van der Waals surface area contributed by atoms with Crippen molar-refractivity contribution in [1.29, 1.82) is 0 Å². The summed E-state index contributed by atoms with van der Waals surface area (Å²) in [5.74, 6) is 3.45. The van der Waals surface area contributed by atoms with Gasteiger partial charge in [0.05, 0.1) is 6.61 Å². The molecule has 0 aromatic carbocycles. The molecule has 1 unspecified atom stereocenters. The monoisotopic (exact) mass is 308 g/mol. The maximum atomic E-state index is 5.12. The molecule has 0 spiro atoms. The molecule has 1 atom stereocenters. The number of nitrogens with one attached hydrogen (secondary N) is 1. The van der Waals surface area contributed by atoms with Crippen molar-refractivity contribution in [2.24, 2.45) is 18.0 Å². The van der Waals surface area contributed by atoms with E-state index < -0.39 is 0 Å². The Morgan fingerprint density at radius 2 is 2.27 bits per heavy atom. The number of guanidine groups is 1. The topological polar surface area (TPSA) is 67.6 Å². The number of likely N-dealkylation sites (tertiary alicyclic amines) is 1. The van der Waals surface area contributed by atoms with Gasteiger partial charge in [-0.1, -0.05) is 6.92 Å². The lowest BCUT2D eigenvalue weighted by atomic mass is 10.0. The molecule has 0 aliphatic carbocycles. The zero-order chi connectivity index (χ0) is 15.9. The third-order valence-corrected chi connectivity index (χ3v) is 4.10. The molecule has 0 amide bonds. The Morgan fingerprint density at radius 1 is 1.45 bits per heavy atom. The zero-order valence-electron chi connectivity index (χ0n) is 14.2. The summed E-state index contributed by atoms with van der Waals surface area (Å²) in [6.45, 7) is 8.33. The number of aliphatic imine (C=N–C) groups is 1. The first-order chi connectivity index (χ1) is 10.6. The van der Waals surface area contributed by atoms with Gasteiger partial charge in [0.2, 0.25) is 0 Å². The summed E-state index contributed by atoms with van der Waals surface area (Å²) in [5.41, 5.74) is 0. The molecule has 7 heteroatoms. The van der Waals surface area contributed by atoms with Crippen molar-refractivity contribution >= 4 is 5.96 Å². The van der Waals surface area contributed by atoms with E-state index in [9.17, 15) is 0 Å². The smallest absolute Gasteiger partial charge is 0.194 e. The predicted molar refractivity (Wildman–Crippen MR) is 86.7 cm³/mol. The van der Waals surface area contributed by atoms with Crippen LogP contribution < -0.4 is 5.32 Å². The van der Waals surface area contributed by atoms with Gasteiger partial charge in [-0.25, -0.2) is 4.99 Å². The van der Waals surface area contributed by atoms with Crippen molar-refractivity contribution < 1.29 is 4.74 Å². The average Bonchev–Trinajstić information content (AvgIpc) is 2.82. The molecular weight excluding hydrogens is 280 g/mol. The van der Waals surface area contributed by atoms with Gasteiger partial charge in [-0.05, 0) is 25.7 Å². The van der Waals surface area contributed by atoms with Gasteiger partial charge in [0.25, 0.3) is 0 Å². The highest BCUT2D eigenvalue weighted by Gasteiger charge is 2.19. The van der Waals surface area contributed by atoms with Gasteiger partial charge < -0.3 is 19.5 Å². The second kappa shape index (κ2) is 8.12. The van der Waals surface area contributed by atoms with Crippen molar-refractivity contribution in [3.8, 4) is 0 Å². The summed E-state index contributed by atoms with van der Waals surface area (Å²) in [7, 11) is 3.69. The van der Waals surface area contributed by atoms with Crippen LogP contribution in [0.4, 0.5) is 0 Å². The summed E-state index contributed by atoms with van der Waals surface area (Å²) in [6.07, 6.45) is 2.51. The number of aryl methyl sites for hydroxylation is 1. The van der Waals surface area contributed by atoms with Crippen molar-refractivity contribution in [1.82, 2.24) is 25.0 Å². The summed E-state index contributed by atoms with van der Waals surface area (Å²) >= 11 is 0. The van der Waals surface area contributed by atoms with E-state index in [2.05, 4.69) is 27.3 Å². The number of aromatic nitrogens is 3. The van der Waals surface area contributed by atoms with Crippen LogP contribution in [0.15, 0.2) is 4.99 Å². The predicted octanol–water partition coefficient (Wildman–Crippen LogP) is 0.947. The normalized spacial score (nSPS) is 19.5. The molecule has 1 aliphatic heterocycles. The van der Waals surface area contributed by atoms with Crippen molar-refractivity contribution in [3.05, 3.63) is 11.6 Å². The van der Waals surface area contributed by atoms with E-state index in [1.165, 1.54) is 12.8 Å². The highest BCUT2D eigenvalue weighted by Crippen LogP contribution is 2.15. The van der Waals surface area contributed by atoms with Crippen molar-refractivity contribution in [3.63, 3.8) is 0 Å². The summed E-state index contributed by atoms with van der Waals surface area (Å²) in [6, 6.07) is 0. The molecule has 0 saturated carbocycles. The first kappa shape index (κ1) is 16.7. The zero-order valence-corrected chi connectivity index (χ0v) is 14.2. The lowest BCUT2D eigenvalue weighted by Crippen LogP contribution is -2.47. The Hall–Kier alpha value is -1.63. The van der Waals surface area contributed by atoms with E-state index in [0.29, 0.717) is 19.1 Å². The molecule has 124 valence electrons. The fourth-order valence-electron chi connectivity index (χ4n) is 2.65. The first-order valence-electron chi connectivity index (χ1n) is 7.99. The maximum Gasteiger partial charge on any atom is 0.194 e. The Bertz CT molecular complexity index is 498. The van der Waals surface area contributed by atoms with E-state index in [1.807, 2.05) is 18.5 Å². The molecule has 1 fully saturated rings. The molecule has 1 aliphatic rings. The second-order valence-electron chi connectivity index (χ2n) is 5.98. The van der Waals surface area contributed by atoms with Crippen LogP contribution in [0, 0.1) is 12.8 Å². The van der Waals surface area contributed by atoms with Gasteiger partial charge in [-0.3, -0.25) is 0 Å². The minimum absolute atomic E-state index is 0.539. The Balaban J connectivity index is 2.05. The average molecular weight is 308 g/mol. The molecule has 22 heavy (non-hydrogen) atoms. The first-order valence-corrected chi connectivity index (χ1v) is 7.99. The largest absolute Gasteiger partial charge is 0.383 e.